The first-order chi connectivity index (χ1) is 19.6. The number of fused-ring (bicyclic) bond motifs is 1. The molecule has 0 saturated carbocycles. The number of carbonyl (C=O) groups is 1. The normalized spacial score (nSPS) is 21.6. The lowest BCUT2D eigenvalue weighted by atomic mass is 9.95. The molecule has 0 bridgehead atoms. The highest BCUT2D eigenvalue weighted by Gasteiger charge is 2.26. The summed E-state index contributed by atoms with van der Waals surface area (Å²) in [5, 5.41) is 9.98. The van der Waals surface area contributed by atoms with E-state index in [1.165, 1.54) is 37.9 Å². The van der Waals surface area contributed by atoms with Crippen LogP contribution in [-0.2, 0) is 0 Å². The number of rotatable bonds is 10. The van der Waals surface area contributed by atoms with E-state index < -0.39 is 0 Å². The molecule has 5 nitrogen and oxygen atoms in total. The van der Waals surface area contributed by atoms with Gasteiger partial charge in [-0.25, -0.2) is 0 Å². The van der Waals surface area contributed by atoms with E-state index in [0.717, 1.165) is 56.2 Å². The Morgan fingerprint density at radius 2 is 1.73 bits per heavy atom. The first-order valence-corrected chi connectivity index (χ1v) is 15.7. The molecule has 0 aromatic heterocycles. The Morgan fingerprint density at radius 1 is 0.950 bits per heavy atom. The van der Waals surface area contributed by atoms with Gasteiger partial charge in [-0.3, -0.25) is 4.79 Å². The molecule has 214 valence electrons. The van der Waals surface area contributed by atoms with Crippen molar-refractivity contribution in [1.82, 2.24) is 20.4 Å². The van der Waals surface area contributed by atoms with Crippen molar-refractivity contribution < 1.29 is 4.79 Å². The summed E-state index contributed by atoms with van der Waals surface area (Å²) < 4.78 is 0. The minimum absolute atomic E-state index is 0.0141. The molecule has 3 aromatic carbocycles. The summed E-state index contributed by atoms with van der Waals surface area (Å²) in [6.45, 7) is 9.77. The van der Waals surface area contributed by atoms with Crippen molar-refractivity contribution in [3.8, 4) is 0 Å². The van der Waals surface area contributed by atoms with Crippen molar-refractivity contribution in [2.45, 2.75) is 63.5 Å². The Morgan fingerprint density at radius 3 is 2.52 bits per heavy atom. The van der Waals surface area contributed by atoms with Gasteiger partial charge < -0.3 is 20.4 Å². The molecule has 3 atom stereocenters. The number of likely N-dealkylation sites (tertiary alicyclic amines) is 1. The van der Waals surface area contributed by atoms with Gasteiger partial charge in [0.1, 0.15) is 0 Å². The number of benzene rings is 3. The maximum absolute atomic E-state index is 13.1. The summed E-state index contributed by atoms with van der Waals surface area (Å²) in [7, 11) is 0. The standard InChI is InChI=1S/C34H45ClN4O/c1-2-26(27-9-5-3-6-10-27)24-39-20-15-32(37-33(25-39)16-19-38-17-7-4-8-18-38)23-36-34(40)30-12-11-29-22-31(35)14-13-28(29)21-30/h3,5-6,9-14,21-22,26,32-33,37H,2,4,7-8,15-20,23-25H2,1H3,(H,36,40). The molecular weight excluding hydrogens is 516 g/mol. The Hall–Kier alpha value is -2.44. The number of piperidine rings is 1. The molecule has 0 spiro atoms. The molecule has 3 aromatic rings. The van der Waals surface area contributed by atoms with Gasteiger partial charge >= 0.3 is 0 Å². The Bertz CT molecular complexity index is 1230. The number of carbonyl (C=O) groups excluding carboxylic acids is 1. The average molecular weight is 561 g/mol. The maximum Gasteiger partial charge on any atom is 0.251 e. The van der Waals surface area contributed by atoms with E-state index in [1.54, 1.807) is 0 Å². The van der Waals surface area contributed by atoms with Crippen LogP contribution in [-0.4, -0.2) is 73.6 Å². The minimum Gasteiger partial charge on any atom is -0.350 e. The van der Waals surface area contributed by atoms with Crippen molar-refractivity contribution in [1.29, 1.82) is 0 Å². The van der Waals surface area contributed by atoms with Gasteiger partial charge in [-0.15, -0.1) is 0 Å². The molecule has 2 heterocycles. The van der Waals surface area contributed by atoms with E-state index in [1.807, 2.05) is 36.4 Å². The molecular formula is C34H45ClN4O. The van der Waals surface area contributed by atoms with E-state index in [9.17, 15) is 4.79 Å². The van der Waals surface area contributed by atoms with Crippen LogP contribution in [0.2, 0.25) is 5.02 Å². The fraction of sp³-hybridized carbons (Fsp3) is 0.500. The maximum atomic E-state index is 13.1. The van der Waals surface area contributed by atoms with Gasteiger partial charge in [-0.2, -0.15) is 0 Å². The van der Waals surface area contributed by atoms with Gasteiger partial charge in [0.25, 0.3) is 5.91 Å². The third kappa shape index (κ3) is 8.07. The SMILES string of the molecule is CCC(CN1CCC(CNC(=O)c2ccc3cc(Cl)ccc3c2)NC(CCN2CCCCC2)C1)c1ccccc1. The van der Waals surface area contributed by atoms with E-state index in [0.29, 0.717) is 29.1 Å². The predicted molar refractivity (Wildman–Crippen MR) is 167 cm³/mol. The number of nitrogens with zero attached hydrogens (tertiary/aromatic N) is 2. The topological polar surface area (TPSA) is 47.6 Å². The van der Waals surface area contributed by atoms with Crippen molar-refractivity contribution in [3.63, 3.8) is 0 Å². The van der Waals surface area contributed by atoms with Crippen LogP contribution in [0.15, 0.2) is 66.7 Å². The lowest BCUT2D eigenvalue weighted by Gasteiger charge is -2.31. The monoisotopic (exact) mass is 560 g/mol. The highest BCUT2D eigenvalue weighted by molar-refractivity contribution is 6.31. The van der Waals surface area contributed by atoms with Crippen molar-refractivity contribution in [2.75, 3.05) is 45.8 Å². The second-order valence-corrected chi connectivity index (χ2v) is 12.2. The van der Waals surface area contributed by atoms with Crippen molar-refractivity contribution in [3.05, 3.63) is 82.9 Å². The van der Waals surface area contributed by atoms with Crippen molar-refractivity contribution in [2.24, 2.45) is 0 Å². The summed E-state index contributed by atoms with van der Waals surface area (Å²) in [6, 6.07) is 23.3. The quantitative estimate of drug-likeness (QED) is 0.304. The van der Waals surface area contributed by atoms with Crippen LogP contribution < -0.4 is 10.6 Å². The van der Waals surface area contributed by atoms with Crippen LogP contribution in [0.4, 0.5) is 0 Å². The first kappa shape index (κ1) is 29.1. The molecule has 2 fully saturated rings. The minimum atomic E-state index is -0.0141. The van der Waals surface area contributed by atoms with Crippen LogP contribution in [0.5, 0.6) is 0 Å². The summed E-state index contributed by atoms with van der Waals surface area (Å²) >= 11 is 6.13. The van der Waals surface area contributed by atoms with Crippen LogP contribution in [0.1, 0.15) is 67.3 Å². The molecule has 2 saturated heterocycles. The molecule has 6 heteroatoms. The zero-order valence-corrected chi connectivity index (χ0v) is 24.7. The second-order valence-electron chi connectivity index (χ2n) is 11.7. The molecule has 2 N–H and O–H groups in total. The van der Waals surface area contributed by atoms with E-state index in [-0.39, 0.29) is 11.9 Å². The summed E-state index contributed by atoms with van der Waals surface area (Å²) in [5.41, 5.74) is 2.13. The Balaban J connectivity index is 1.22. The zero-order valence-electron chi connectivity index (χ0n) is 24.0. The summed E-state index contributed by atoms with van der Waals surface area (Å²) in [6.07, 6.45) is 7.35. The first-order valence-electron chi connectivity index (χ1n) is 15.3. The lowest BCUT2D eigenvalue weighted by molar-refractivity contribution is 0.0948. The smallest absolute Gasteiger partial charge is 0.251 e. The van der Waals surface area contributed by atoms with E-state index in [4.69, 9.17) is 11.6 Å². The van der Waals surface area contributed by atoms with Gasteiger partial charge in [-0.1, -0.05) is 67.4 Å². The lowest BCUT2D eigenvalue weighted by Crippen LogP contribution is -2.47. The average Bonchev–Trinajstić information content (AvgIpc) is 3.19. The zero-order chi connectivity index (χ0) is 27.7. The second kappa shape index (κ2) is 14.5. The number of nitrogens with one attached hydrogen (secondary N) is 2. The fourth-order valence-electron chi connectivity index (χ4n) is 6.42. The molecule has 2 aliphatic rings. The predicted octanol–water partition coefficient (Wildman–Crippen LogP) is 6.33. The molecule has 0 radical (unpaired) electrons. The summed E-state index contributed by atoms with van der Waals surface area (Å²) in [4.78, 5) is 18.4. The highest BCUT2D eigenvalue weighted by atomic mass is 35.5. The number of amides is 1. The Kier molecular flexibility index (Phi) is 10.5. The molecule has 5 rings (SSSR count). The molecule has 3 unspecified atom stereocenters. The highest BCUT2D eigenvalue weighted by Crippen LogP contribution is 2.23. The van der Waals surface area contributed by atoms with E-state index >= 15 is 0 Å². The van der Waals surface area contributed by atoms with Crippen LogP contribution in [0.3, 0.4) is 0 Å². The third-order valence-electron chi connectivity index (χ3n) is 8.80. The number of halogens is 1. The number of hydrogen-bond acceptors (Lipinski definition) is 4. The largest absolute Gasteiger partial charge is 0.350 e. The van der Waals surface area contributed by atoms with Crippen LogP contribution >= 0.6 is 11.6 Å². The Labute approximate surface area is 245 Å². The molecule has 40 heavy (non-hydrogen) atoms. The van der Waals surface area contributed by atoms with Gasteiger partial charge in [0, 0.05) is 42.3 Å². The molecule has 2 aliphatic heterocycles. The number of hydrogen-bond donors (Lipinski definition) is 2. The van der Waals surface area contributed by atoms with Gasteiger partial charge in [0.05, 0.1) is 0 Å². The van der Waals surface area contributed by atoms with E-state index in [2.05, 4.69) is 57.7 Å². The van der Waals surface area contributed by atoms with Gasteiger partial charge in [0.2, 0.25) is 0 Å². The summed E-state index contributed by atoms with van der Waals surface area (Å²) in [5.74, 6) is 0.530. The third-order valence-corrected chi connectivity index (χ3v) is 9.04. The van der Waals surface area contributed by atoms with Gasteiger partial charge in [0.15, 0.2) is 0 Å². The fourth-order valence-corrected chi connectivity index (χ4v) is 6.60. The van der Waals surface area contributed by atoms with Crippen LogP contribution in [0.25, 0.3) is 10.8 Å². The van der Waals surface area contributed by atoms with Gasteiger partial charge in [-0.05, 0) is 105 Å². The van der Waals surface area contributed by atoms with Crippen molar-refractivity contribution >= 4 is 28.3 Å². The molecule has 0 aliphatic carbocycles. The molecule has 1 amide bonds. The van der Waals surface area contributed by atoms with Crippen LogP contribution in [0, 0.1) is 0 Å².